The summed E-state index contributed by atoms with van der Waals surface area (Å²) in [5, 5.41) is 2.63. The molecule has 0 aliphatic carbocycles. The molecule has 2 rings (SSSR count). The molecule has 138 valence electrons. The Hall–Kier alpha value is -3.22. The van der Waals surface area contributed by atoms with Crippen molar-refractivity contribution in [3.63, 3.8) is 0 Å². The summed E-state index contributed by atoms with van der Waals surface area (Å²) in [6.07, 6.45) is 3.39. The summed E-state index contributed by atoms with van der Waals surface area (Å²) < 4.78 is 20.5. The highest BCUT2D eigenvalue weighted by Crippen LogP contribution is 2.23. The van der Waals surface area contributed by atoms with Crippen LogP contribution in [0.4, 0.5) is 0 Å². The number of hydrogen-bond donors (Lipinski definition) is 1. The van der Waals surface area contributed by atoms with Gasteiger partial charge in [0.25, 0.3) is 5.91 Å². The average Bonchev–Trinajstić information content (AvgIpc) is 3.17. The monoisotopic (exact) mass is 359 g/mol. The maximum atomic E-state index is 11.9. The van der Waals surface area contributed by atoms with E-state index in [2.05, 4.69) is 5.32 Å². The molecule has 7 heteroatoms. The van der Waals surface area contributed by atoms with E-state index in [4.69, 9.17) is 18.6 Å². The van der Waals surface area contributed by atoms with Gasteiger partial charge in [-0.1, -0.05) is 0 Å². The van der Waals surface area contributed by atoms with Crippen LogP contribution in [-0.4, -0.2) is 32.2 Å². The van der Waals surface area contributed by atoms with Crippen LogP contribution >= 0.6 is 0 Å². The Morgan fingerprint density at radius 1 is 1.19 bits per heavy atom. The molecule has 0 fully saturated rings. The number of furan rings is 1. The molecule has 1 N–H and O–H groups in total. The first-order valence-electron chi connectivity index (χ1n) is 7.93. The van der Waals surface area contributed by atoms with Gasteiger partial charge in [0.05, 0.1) is 27.0 Å². The van der Waals surface area contributed by atoms with Crippen molar-refractivity contribution >= 4 is 18.0 Å². The highest BCUT2D eigenvalue weighted by atomic mass is 16.5. The molecule has 0 saturated heterocycles. The summed E-state index contributed by atoms with van der Waals surface area (Å²) >= 11 is 0. The maximum absolute atomic E-state index is 11.9. The Morgan fingerprint density at radius 3 is 2.46 bits per heavy atom. The van der Waals surface area contributed by atoms with E-state index in [1.165, 1.54) is 19.3 Å². The minimum atomic E-state index is -0.929. The molecule has 26 heavy (non-hydrogen) atoms. The smallest absolute Gasteiger partial charge is 0.331 e. The van der Waals surface area contributed by atoms with Gasteiger partial charge in [0.1, 0.15) is 17.3 Å². The third-order valence-electron chi connectivity index (χ3n) is 3.46. The van der Waals surface area contributed by atoms with Crippen LogP contribution in [0.1, 0.15) is 18.2 Å². The standard InChI is InChI=1S/C19H21NO6/c1-13(19(22)20-12-15-5-4-8-25-15)26-18(21)7-6-14-9-16(23-2)11-17(10-14)24-3/h4-11,13H,12H2,1-3H3,(H,20,22)/b7-6+/t13-/m0/s1. The molecule has 0 aliphatic heterocycles. The lowest BCUT2D eigenvalue weighted by Gasteiger charge is -2.11. The molecule has 1 atom stereocenters. The van der Waals surface area contributed by atoms with Crippen molar-refractivity contribution in [1.29, 1.82) is 0 Å². The normalized spacial score (nSPS) is 11.8. The topological polar surface area (TPSA) is 87.0 Å². The van der Waals surface area contributed by atoms with Gasteiger partial charge in [-0.15, -0.1) is 0 Å². The lowest BCUT2D eigenvalue weighted by atomic mass is 10.2. The van der Waals surface area contributed by atoms with Gasteiger partial charge < -0.3 is 23.9 Å². The highest BCUT2D eigenvalue weighted by Gasteiger charge is 2.16. The van der Waals surface area contributed by atoms with Gasteiger partial charge in [-0.2, -0.15) is 0 Å². The minimum Gasteiger partial charge on any atom is -0.497 e. The van der Waals surface area contributed by atoms with Crippen LogP contribution in [0.25, 0.3) is 6.08 Å². The van der Waals surface area contributed by atoms with Crippen molar-refractivity contribution in [3.05, 3.63) is 54.0 Å². The molecule has 0 radical (unpaired) electrons. The molecule has 1 aromatic carbocycles. The number of benzene rings is 1. The van der Waals surface area contributed by atoms with Crippen molar-refractivity contribution in [3.8, 4) is 11.5 Å². The number of rotatable bonds is 8. The largest absolute Gasteiger partial charge is 0.497 e. The molecular weight excluding hydrogens is 338 g/mol. The number of esters is 1. The van der Waals surface area contributed by atoms with Crippen molar-refractivity contribution in [2.75, 3.05) is 14.2 Å². The quantitative estimate of drug-likeness (QED) is 0.576. The fourth-order valence-electron chi connectivity index (χ4n) is 2.09. The van der Waals surface area contributed by atoms with Crippen molar-refractivity contribution in [2.24, 2.45) is 0 Å². The fourth-order valence-corrected chi connectivity index (χ4v) is 2.09. The predicted molar refractivity (Wildman–Crippen MR) is 94.7 cm³/mol. The zero-order valence-corrected chi connectivity index (χ0v) is 14.9. The second kappa shape index (κ2) is 9.31. The highest BCUT2D eigenvalue weighted by molar-refractivity contribution is 5.90. The third kappa shape index (κ3) is 5.70. The van der Waals surface area contributed by atoms with Gasteiger partial charge in [-0.3, -0.25) is 4.79 Å². The van der Waals surface area contributed by atoms with E-state index < -0.39 is 18.0 Å². The SMILES string of the molecule is COc1cc(/C=C/C(=O)O[C@@H](C)C(=O)NCc2ccco2)cc(OC)c1. The molecule has 0 aliphatic rings. The molecule has 7 nitrogen and oxygen atoms in total. The van der Waals surface area contributed by atoms with Crippen molar-refractivity contribution < 1.29 is 28.2 Å². The predicted octanol–water partition coefficient (Wildman–Crippen LogP) is 2.56. The number of carbonyl (C=O) groups excluding carboxylic acids is 2. The molecule has 0 unspecified atom stereocenters. The first-order valence-corrected chi connectivity index (χ1v) is 7.93. The second-order valence-corrected chi connectivity index (χ2v) is 5.36. The Balaban J connectivity index is 1.88. The number of ether oxygens (including phenoxy) is 3. The minimum absolute atomic E-state index is 0.229. The number of nitrogens with one attached hydrogen (secondary N) is 1. The number of hydrogen-bond acceptors (Lipinski definition) is 6. The van der Waals surface area contributed by atoms with Crippen LogP contribution in [0.3, 0.4) is 0 Å². The van der Waals surface area contributed by atoms with Crippen LogP contribution in [0.5, 0.6) is 11.5 Å². The molecule has 0 bridgehead atoms. The fraction of sp³-hybridized carbons (Fsp3) is 0.263. The van der Waals surface area contributed by atoms with Crippen LogP contribution in [0.2, 0.25) is 0 Å². The van der Waals surface area contributed by atoms with E-state index in [1.807, 2.05) is 0 Å². The first-order chi connectivity index (χ1) is 12.5. The second-order valence-electron chi connectivity index (χ2n) is 5.36. The summed E-state index contributed by atoms with van der Waals surface area (Å²) in [7, 11) is 3.08. The molecule has 1 aromatic heterocycles. The van der Waals surface area contributed by atoms with E-state index in [0.717, 1.165) is 0 Å². The lowest BCUT2D eigenvalue weighted by Crippen LogP contribution is -2.35. The van der Waals surface area contributed by atoms with Crippen LogP contribution in [0.15, 0.2) is 47.1 Å². The Bertz CT molecular complexity index is 744. The van der Waals surface area contributed by atoms with Gasteiger partial charge in [-0.05, 0) is 42.8 Å². The van der Waals surface area contributed by atoms with Gasteiger partial charge in [0.2, 0.25) is 0 Å². The summed E-state index contributed by atoms with van der Waals surface area (Å²) in [6.45, 7) is 1.73. The average molecular weight is 359 g/mol. The Morgan fingerprint density at radius 2 is 1.88 bits per heavy atom. The van der Waals surface area contributed by atoms with E-state index >= 15 is 0 Å². The van der Waals surface area contributed by atoms with E-state index in [9.17, 15) is 9.59 Å². The van der Waals surface area contributed by atoms with Gasteiger partial charge in [-0.25, -0.2) is 4.79 Å². The van der Waals surface area contributed by atoms with Crippen molar-refractivity contribution in [2.45, 2.75) is 19.6 Å². The Kier molecular flexibility index (Phi) is 6.84. The van der Waals surface area contributed by atoms with E-state index in [-0.39, 0.29) is 6.54 Å². The van der Waals surface area contributed by atoms with Crippen LogP contribution in [-0.2, 0) is 20.9 Å². The maximum Gasteiger partial charge on any atom is 0.331 e. The summed E-state index contributed by atoms with van der Waals surface area (Å²) in [5.74, 6) is 0.772. The third-order valence-corrected chi connectivity index (χ3v) is 3.46. The molecule has 0 saturated carbocycles. The van der Waals surface area contributed by atoms with Gasteiger partial charge >= 0.3 is 5.97 Å². The number of methoxy groups -OCH3 is 2. The zero-order chi connectivity index (χ0) is 18.9. The van der Waals surface area contributed by atoms with Crippen molar-refractivity contribution in [1.82, 2.24) is 5.32 Å². The zero-order valence-electron chi connectivity index (χ0n) is 14.9. The lowest BCUT2D eigenvalue weighted by molar-refractivity contribution is -0.150. The first kappa shape index (κ1) is 19.1. The van der Waals surface area contributed by atoms with E-state index in [0.29, 0.717) is 22.8 Å². The summed E-state index contributed by atoms with van der Waals surface area (Å²) in [6, 6.07) is 8.67. The number of amides is 1. The van der Waals surface area contributed by atoms with E-state index in [1.54, 1.807) is 50.6 Å². The molecule has 1 amide bonds. The molecular formula is C19H21NO6. The summed E-state index contributed by atoms with van der Waals surface area (Å²) in [5.41, 5.74) is 0.702. The molecule has 1 heterocycles. The van der Waals surface area contributed by atoms with Crippen LogP contribution in [0, 0.1) is 0 Å². The van der Waals surface area contributed by atoms with Crippen LogP contribution < -0.4 is 14.8 Å². The molecule has 2 aromatic rings. The summed E-state index contributed by atoms with van der Waals surface area (Å²) in [4.78, 5) is 23.8. The van der Waals surface area contributed by atoms with Gasteiger partial charge in [0, 0.05) is 12.1 Å². The molecule has 0 spiro atoms. The number of carbonyl (C=O) groups is 2. The Labute approximate surface area is 151 Å². The van der Waals surface area contributed by atoms with Gasteiger partial charge in [0.15, 0.2) is 6.10 Å².